The highest BCUT2D eigenvalue weighted by molar-refractivity contribution is 5.40. The number of hydrogen-bond acceptors (Lipinski definition) is 4. The number of pyridine rings is 1. The molecule has 2 aliphatic heterocycles. The molecule has 2 fully saturated rings. The molecule has 1 N–H and O–H groups in total. The van der Waals surface area contributed by atoms with E-state index in [-0.39, 0.29) is 0 Å². The summed E-state index contributed by atoms with van der Waals surface area (Å²) in [7, 11) is 2.29. The molecular weight excluding hydrogens is 260 g/mol. The first-order chi connectivity index (χ1) is 10.3. The van der Waals surface area contributed by atoms with Crippen molar-refractivity contribution in [2.45, 2.75) is 38.8 Å². The van der Waals surface area contributed by atoms with Gasteiger partial charge in [-0.25, -0.2) is 4.98 Å². The number of fused-ring (bicyclic) bond motifs is 1. The molecule has 0 bridgehead atoms. The molecule has 0 amide bonds. The van der Waals surface area contributed by atoms with Crippen LogP contribution in [-0.4, -0.2) is 49.2 Å². The van der Waals surface area contributed by atoms with E-state index in [1.807, 2.05) is 6.20 Å². The minimum Gasteiger partial charge on any atom is -0.356 e. The van der Waals surface area contributed by atoms with Gasteiger partial charge in [-0.1, -0.05) is 13.0 Å². The Bertz CT molecular complexity index is 445. The lowest BCUT2D eigenvalue weighted by atomic mass is 9.84. The van der Waals surface area contributed by atoms with E-state index in [1.165, 1.54) is 37.9 Å². The van der Waals surface area contributed by atoms with Crippen molar-refractivity contribution < 1.29 is 0 Å². The number of rotatable bonds is 4. The van der Waals surface area contributed by atoms with Gasteiger partial charge in [-0.05, 0) is 56.9 Å². The van der Waals surface area contributed by atoms with Gasteiger partial charge in [0.25, 0.3) is 0 Å². The monoisotopic (exact) mass is 288 g/mol. The SMILES string of the molecule is CCNCc1ccc(N2CCC3C(CCCN3C)C2)nc1. The minimum absolute atomic E-state index is 0.794. The zero-order valence-corrected chi connectivity index (χ0v) is 13.4. The van der Waals surface area contributed by atoms with Crippen molar-refractivity contribution in [1.29, 1.82) is 0 Å². The third-order valence-electron chi connectivity index (χ3n) is 5.06. The van der Waals surface area contributed by atoms with E-state index < -0.39 is 0 Å². The Morgan fingerprint density at radius 3 is 2.95 bits per heavy atom. The summed E-state index contributed by atoms with van der Waals surface area (Å²) in [4.78, 5) is 9.74. The molecule has 116 valence electrons. The Kier molecular flexibility index (Phi) is 4.76. The summed E-state index contributed by atoms with van der Waals surface area (Å²) >= 11 is 0. The number of hydrogen-bond donors (Lipinski definition) is 1. The first-order valence-electron chi connectivity index (χ1n) is 8.38. The summed E-state index contributed by atoms with van der Waals surface area (Å²) in [6.45, 7) is 7.65. The fraction of sp³-hybridized carbons (Fsp3) is 0.706. The van der Waals surface area contributed by atoms with Crippen LogP contribution in [0.1, 0.15) is 31.7 Å². The van der Waals surface area contributed by atoms with Gasteiger partial charge in [0, 0.05) is 31.9 Å². The Hall–Kier alpha value is -1.13. The van der Waals surface area contributed by atoms with E-state index >= 15 is 0 Å². The van der Waals surface area contributed by atoms with E-state index in [0.717, 1.165) is 37.4 Å². The lowest BCUT2D eigenvalue weighted by molar-refractivity contribution is 0.102. The van der Waals surface area contributed by atoms with Crippen molar-refractivity contribution in [3.05, 3.63) is 23.9 Å². The molecule has 1 aromatic rings. The van der Waals surface area contributed by atoms with Crippen LogP contribution in [0.25, 0.3) is 0 Å². The maximum Gasteiger partial charge on any atom is 0.128 e. The molecule has 0 aromatic carbocycles. The van der Waals surface area contributed by atoms with E-state index in [0.29, 0.717) is 0 Å². The fourth-order valence-corrected chi connectivity index (χ4v) is 3.84. The predicted molar refractivity (Wildman–Crippen MR) is 87.6 cm³/mol. The normalized spacial score (nSPS) is 26.7. The van der Waals surface area contributed by atoms with Gasteiger partial charge < -0.3 is 15.1 Å². The van der Waals surface area contributed by atoms with Gasteiger partial charge in [0.1, 0.15) is 5.82 Å². The number of anilines is 1. The molecule has 2 atom stereocenters. The van der Waals surface area contributed by atoms with Gasteiger partial charge in [-0.2, -0.15) is 0 Å². The molecule has 1 aromatic heterocycles. The molecule has 2 unspecified atom stereocenters. The largest absolute Gasteiger partial charge is 0.356 e. The van der Waals surface area contributed by atoms with Gasteiger partial charge in [0.05, 0.1) is 0 Å². The molecule has 3 rings (SSSR count). The Balaban J connectivity index is 1.62. The fourth-order valence-electron chi connectivity index (χ4n) is 3.84. The van der Waals surface area contributed by atoms with Crippen LogP contribution in [-0.2, 0) is 6.54 Å². The smallest absolute Gasteiger partial charge is 0.128 e. The molecule has 4 nitrogen and oxygen atoms in total. The van der Waals surface area contributed by atoms with Gasteiger partial charge in [0.15, 0.2) is 0 Å². The topological polar surface area (TPSA) is 31.4 Å². The second-order valence-electron chi connectivity index (χ2n) is 6.49. The maximum atomic E-state index is 4.68. The van der Waals surface area contributed by atoms with Crippen LogP contribution < -0.4 is 10.2 Å². The first kappa shape index (κ1) is 14.8. The zero-order chi connectivity index (χ0) is 14.7. The molecule has 3 heterocycles. The lowest BCUT2D eigenvalue weighted by Gasteiger charge is -2.46. The molecule has 0 radical (unpaired) electrons. The highest BCUT2D eigenvalue weighted by atomic mass is 15.2. The molecule has 0 saturated carbocycles. The second kappa shape index (κ2) is 6.75. The van der Waals surface area contributed by atoms with Crippen LogP contribution in [0.2, 0.25) is 0 Å². The standard InChI is InChI=1S/C17H28N4/c1-3-18-11-14-6-7-17(19-12-14)21-10-8-16-15(13-21)5-4-9-20(16)2/h6-7,12,15-16,18H,3-5,8-11,13H2,1-2H3. The van der Waals surface area contributed by atoms with Gasteiger partial charge in [-0.15, -0.1) is 0 Å². The van der Waals surface area contributed by atoms with Crippen molar-refractivity contribution in [2.75, 3.05) is 38.1 Å². The maximum absolute atomic E-state index is 4.68. The van der Waals surface area contributed by atoms with E-state index in [4.69, 9.17) is 0 Å². The van der Waals surface area contributed by atoms with Crippen LogP contribution in [0.15, 0.2) is 18.3 Å². The number of nitrogens with one attached hydrogen (secondary N) is 1. The van der Waals surface area contributed by atoms with E-state index in [2.05, 4.69) is 46.2 Å². The van der Waals surface area contributed by atoms with Crippen molar-refractivity contribution >= 4 is 5.82 Å². The quantitative estimate of drug-likeness (QED) is 0.919. The van der Waals surface area contributed by atoms with Crippen LogP contribution in [0, 0.1) is 5.92 Å². The molecule has 21 heavy (non-hydrogen) atoms. The highest BCUT2D eigenvalue weighted by Gasteiger charge is 2.34. The van der Waals surface area contributed by atoms with Gasteiger partial charge in [-0.3, -0.25) is 0 Å². The van der Waals surface area contributed by atoms with Crippen LogP contribution in [0.4, 0.5) is 5.82 Å². The molecule has 0 aliphatic carbocycles. The Labute approximate surface area is 128 Å². The molecular formula is C17H28N4. The molecule has 0 spiro atoms. The van der Waals surface area contributed by atoms with E-state index in [1.54, 1.807) is 0 Å². The minimum atomic E-state index is 0.794. The Morgan fingerprint density at radius 1 is 1.29 bits per heavy atom. The van der Waals surface area contributed by atoms with Crippen LogP contribution >= 0.6 is 0 Å². The van der Waals surface area contributed by atoms with Gasteiger partial charge in [0.2, 0.25) is 0 Å². The molecule has 4 heteroatoms. The molecule has 2 saturated heterocycles. The summed E-state index contributed by atoms with van der Waals surface area (Å²) in [6, 6.07) is 5.20. The third-order valence-corrected chi connectivity index (χ3v) is 5.06. The second-order valence-corrected chi connectivity index (χ2v) is 6.49. The zero-order valence-electron chi connectivity index (χ0n) is 13.4. The van der Waals surface area contributed by atoms with Crippen LogP contribution in [0.5, 0.6) is 0 Å². The number of aromatic nitrogens is 1. The van der Waals surface area contributed by atoms with Gasteiger partial charge >= 0.3 is 0 Å². The Morgan fingerprint density at radius 2 is 2.19 bits per heavy atom. The van der Waals surface area contributed by atoms with Crippen LogP contribution in [0.3, 0.4) is 0 Å². The first-order valence-corrected chi connectivity index (χ1v) is 8.38. The highest BCUT2D eigenvalue weighted by Crippen LogP contribution is 2.31. The molecule has 2 aliphatic rings. The third kappa shape index (κ3) is 3.38. The average Bonchev–Trinajstić information content (AvgIpc) is 2.53. The van der Waals surface area contributed by atoms with Crippen molar-refractivity contribution in [1.82, 2.24) is 15.2 Å². The summed E-state index contributed by atoms with van der Waals surface area (Å²) in [6.07, 6.45) is 6.03. The average molecular weight is 288 g/mol. The lowest BCUT2D eigenvalue weighted by Crippen LogP contribution is -2.52. The number of piperidine rings is 2. The summed E-state index contributed by atoms with van der Waals surface area (Å²) in [5.41, 5.74) is 1.27. The predicted octanol–water partition coefficient (Wildman–Crippen LogP) is 2.11. The summed E-state index contributed by atoms with van der Waals surface area (Å²) in [5.74, 6) is 1.97. The van der Waals surface area contributed by atoms with Crippen molar-refractivity contribution in [2.24, 2.45) is 5.92 Å². The van der Waals surface area contributed by atoms with Crippen molar-refractivity contribution in [3.63, 3.8) is 0 Å². The summed E-state index contributed by atoms with van der Waals surface area (Å²) in [5, 5.41) is 3.35. The summed E-state index contributed by atoms with van der Waals surface area (Å²) < 4.78 is 0. The van der Waals surface area contributed by atoms with Crippen molar-refractivity contribution in [3.8, 4) is 0 Å². The van der Waals surface area contributed by atoms with E-state index in [9.17, 15) is 0 Å². The number of likely N-dealkylation sites (tertiary alicyclic amines) is 1. The number of nitrogens with zero attached hydrogens (tertiary/aromatic N) is 3.